The Hall–Kier alpha value is -0.590. The van der Waals surface area contributed by atoms with Gasteiger partial charge in [0.25, 0.3) is 0 Å². The van der Waals surface area contributed by atoms with Gasteiger partial charge < -0.3 is 4.79 Å². The summed E-state index contributed by atoms with van der Waals surface area (Å²) in [7, 11) is 0. The van der Waals surface area contributed by atoms with Crippen molar-refractivity contribution in [3.05, 3.63) is 11.6 Å². The molecule has 2 aliphatic rings. The van der Waals surface area contributed by atoms with Crippen LogP contribution in [0.3, 0.4) is 0 Å². The maximum Gasteiger partial charge on any atom is 0.120 e. The molecule has 0 bridgehead atoms. The fourth-order valence-electron chi connectivity index (χ4n) is 4.43. The average molecular weight is 234 g/mol. The number of rotatable bonds is 2. The lowest BCUT2D eigenvalue weighted by atomic mass is 9.47. The van der Waals surface area contributed by atoms with Crippen molar-refractivity contribution in [3.8, 4) is 0 Å². The first-order valence-electron chi connectivity index (χ1n) is 7.06. The molecule has 17 heavy (non-hydrogen) atoms. The molecule has 0 heterocycles. The Morgan fingerprint density at radius 2 is 2.12 bits per heavy atom. The molecule has 0 N–H and O–H groups in total. The summed E-state index contributed by atoms with van der Waals surface area (Å²) in [5, 5.41) is 0. The fourth-order valence-corrected chi connectivity index (χ4v) is 4.43. The smallest absolute Gasteiger partial charge is 0.120 e. The Balaban J connectivity index is 2.40. The molecule has 1 fully saturated rings. The maximum absolute atomic E-state index is 11.1. The maximum atomic E-state index is 11.1. The van der Waals surface area contributed by atoms with E-state index in [4.69, 9.17) is 0 Å². The molecule has 0 saturated heterocycles. The Bertz CT molecular complexity index is 343. The first kappa shape index (κ1) is 12.9. The van der Waals surface area contributed by atoms with Crippen LogP contribution in [-0.2, 0) is 4.79 Å². The Morgan fingerprint density at radius 1 is 1.41 bits per heavy atom. The Labute approximate surface area is 106 Å². The van der Waals surface area contributed by atoms with Gasteiger partial charge in [-0.1, -0.05) is 32.4 Å². The van der Waals surface area contributed by atoms with Gasteiger partial charge in [-0.2, -0.15) is 0 Å². The first-order chi connectivity index (χ1) is 7.95. The summed E-state index contributed by atoms with van der Waals surface area (Å²) in [4.78, 5) is 11.1. The van der Waals surface area contributed by atoms with Crippen LogP contribution in [0.2, 0.25) is 0 Å². The van der Waals surface area contributed by atoms with Gasteiger partial charge in [0.1, 0.15) is 6.29 Å². The minimum Gasteiger partial charge on any atom is -0.303 e. The molecule has 96 valence electrons. The lowest BCUT2D eigenvalue weighted by Gasteiger charge is -2.57. The monoisotopic (exact) mass is 234 g/mol. The minimum absolute atomic E-state index is 0.213. The summed E-state index contributed by atoms with van der Waals surface area (Å²) in [6, 6.07) is 0. The third-order valence-electron chi connectivity index (χ3n) is 6.12. The van der Waals surface area contributed by atoms with E-state index in [-0.39, 0.29) is 5.41 Å². The second-order valence-electron chi connectivity index (χ2n) is 6.75. The second-order valence-corrected chi connectivity index (χ2v) is 6.75. The molecule has 2 aliphatic carbocycles. The van der Waals surface area contributed by atoms with Crippen molar-refractivity contribution in [2.45, 2.75) is 59.8 Å². The number of carbonyl (C=O) groups is 1. The van der Waals surface area contributed by atoms with E-state index in [9.17, 15) is 4.79 Å². The summed E-state index contributed by atoms with van der Waals surface area (Å²) in [5.41, 5.74) is 2.13. The molecule has 0 aromatic heterocycles. The first-order valence-corrected chi connectivity index (χ1v) is 7.06. The molecule has 1 saturated carbocycles. The number of hydrogen-bond donors (Lipinski definition) is 0. The summed E-state index contributed by atoms with van der Waals surface area (Å²) in [6.07, 6.45) is 9.35. The predicted molar refractivity (Wildman–Crippen MR) is 71.8 cm³/mol. The highest BCUT2D eigenvalue weighted by molar-refractivity contribution is 5.51. The third kappa shape index (κ3) is 1.78. The van der Waals surface area contributed by atoms with Gasteiger partial charge in [0.05, 0.1) is 0 Å². The topological polar surface area (TPSA) is 17.1 Å². The SMILES string of the molecule is CC1=CCC[C@@H]2[C@@](C)(CC=O)[C@@H](C)CC[C@@]12C. The third-order valence-corrected chi connectivity index (χ3v) is 6.12. The van der Waals surface area contributed by atoms with Gasteiger partial charge in [-0.25, -0.2) is 0 Å². The molecule has 0 aliphatic heterocycles. The molecular formula is C16H26O. The number of allylic oxidation sites excluding steroid dienone is 2. The van der Waals surface area contributed by atoms with Crippen molar-refractivity contribution < 1.29 is 4.79 Å². The highest BCUT2D eigenvalue weighted by Crippen LogP contribution is 2.61. The Kier molecular flexibility index (Phi) is 3.22. The van der Waals surface area contributed by atoms with Crippen molar-refractivity contribution in [1.82, 2.24) is 0 Å². The van der Waals surface area contributed by atoms with Gasteiger partial charge in [0.2, 0.25) is 0 Å². The molecule has 0 amide bonds. The lowest BCUT2D eigenvalue weighted by Crippen LogP contribution is -2.49. The highest BCUT2D eigenvalue weighted by atomic mass is 16.1. The average Bonchev–Trinajstić information content (AvgIpc) is 2.28. The van der Waals surface area contributed by atoms with E-state index in [2.05, 4.69) is 33.8 Å². The molecule has 0 spiro atoms. The minimum atomic E-state index is 0.213. The number of aldehydes is 1. The van der Waals surface area contributed by atoms with E-state index in [0.29, 0.717) is 17.3 Å². The molecule has 0 aromatic carbocycles. The van der Waals surface area contributed by atoms with Crippen LogP contribution in [0.5, 0.6) is 0 Å². The molecule has 1 heteroatoms. The van der Waals surface area contributed by atoms with Crippen LogP contribution in [0.1, 0.15) is 59.8 Å². The standard InChI is InChI=1S/C16H26O/c1-12-6-5-7-14-15(12,3)9-8-13(2)16(14,4)10-11-17/h6,11,13-14H,5,7-10H2,1-4H3/t13-,14-,15-,16-/m0/s1. The quantitative estimate of drug-likeness (QED) is 0.512. The van der Waals surface area contributed by atoms with Crippen molar-refractivity contribution in [2.24, 2.45) is 22.7 Å². The van der Waals surface area contributed by atoms with E-state index >= 15 is 0 Å². The molecule has 1 nitrogen and oxygen atoms in total. The Morgan fingerprint density at radius 3 is 2.76 bits per heavy atom. The molecule has 0 aromatic rings. The van der Waals surface area contributed by atoms with Gasteiger partial charge >= 0.3 is 0 Å². The van der Waals surface area contributed by atoms with Crippen LogP contribution in [0.15, 0.2) is 11.6 Å². The van der Waals surface area contributed by atoms with E-state index in [0.717, 1.165) is 12.7 Å². The van der Waals surface area contributed by atoms with Crippen LogP contribution in [0.25, 0.3) is 0 Å². The number of hydrogen-bond acceptors (Lipinski definition) is 1. The highest BCUT2D eigenvalue weighted by Gasteiger charge is 2.52. The van der Waals surface area contributed by atoms with Crippen molar-refractivity contribution in [2.75, 3.05) is 0 Å². The number of carbonyl (C=O) groups excluding carboxylic acids is 1. The zero-order valence-corrected chi connectivity index (χ0v) is 11.8. The summed E-state index contributed by atoms with van der Waals surface area (Å²) in [5.74, 6) is 1.37. The molecule has 4 atom stereocenters. The van der Waals surface area contributed by atoms with Gasteiger partial charge in [0.15, 0.2) is 0 Å². The van der Waals surface area contributed by atoms with Gasteiger partial charge in [-0.15, -0.1) is 0 Å². The van der Waals surface area contributed by atoms with Crippen molar-refractivity contribution in [1.29, 1.82) is 0 Å². The van der Waals surface area contributed by atoms with E-state index in [1.54, 1.807) is 5.57 Å². The zero-order valence-electron chi connectivity index (χ0n) is 11.8. The van der Waals surface area contributed by atoms with E-state index in [1.165, 1.54) is 25.7 Å². The lowest BCUT2D eigenvalue weighted by molar-refractivity contribution is -0.115. The van der Waals surface area contributed by atoms with Gasteiger partial charge in [0, 0.05) is 6.42 Å². The fraction of sp³-hybridized carbons (Fsp3) is 0.812. The molecule has 2 rings (SSSR count). The van der Waals surface area contributed by atoms with E-state index < -0.39 is 0 Å². The van der Waals surface area contributed by atoms with Gasteiger partial charge in [-0.3, -0.25) is 0 Å². The van der Waals surface area contributed by atoms with Crippen molar-refractivity contribution in [3.63, 3.8) is 0 Å². The van der Waals surface area contributed by atoms with Crippen LogP contribution in [0.4, 0.5) is 0 Å². The van der Waals surface area contributed by atoms with Crippen LogP contribution >= 0.6 is 0 Å². The predicted octanol–water partition coefficient (Wildman–Crippen LogP) is 4.37. The summed E-state index contributed by atoms with van der Waals surface area (Å²) in [6.45, 7) is 9.42. The normalized spacial score (nSPS) is 46.0. The second kappa shape index (κ2) is 4.26. The van der Waals surface area contributed by atoms with Crippen LogP contribution in [0, 0.1) is 22.7 Å². The molecule has 0 radical (unpaired) electrons. The summed E-state index contributed by atoms with van der Waals surface area (Å²) < 4.78 is 0. The zero-order chi connectivity index (χ0) is 12.7. The summed E-state index contributed by atoms with van der Waals surface area (Å²) >= 11 is 0. The van der Waals surface area contributed by atoms with Gasteiger partial charge in [-0.05, 0) is 55.3 Å². The largest absolute Gasteiger partial charge is 0.303 e. The molecular weight excluding hydrogens is 208 g/mol. The van der Waals surface area contributed by atoms with Crippen LogP contribution < -0.4 is 0 Å². The van der Waals surface area contributed by atoms with Crippen molar-refractivity contribution >= 4 is 6.29 Å². The van der Waals surface area contributed by atoms with Crippen LogP contribution in [-0.4, -0.2) is 6.29 Å². The number of fused-ring (bicyclic) bond motifs is 1. The van der Waals surface area contributed by atoms with E-state index in [1.807, 2.05) is 0 Å². The molecule has 0 unspecified atom stereocenters.